The first-order chi connectivity index (χ1) is 12.5. The number of esters is 1. The largest absolute Gasteiger partial charge is 0.431 e. The van der Waals surface area contributed by atoms with E-state index < -0.39 is 6.29 Å². The number of nitrogens with one attached hydrogen (secondary N) is 2. The summed E-state index contributed by atoms with van der Waals surface area (Å²) in [4.78, 5) is 12.1. The molecule has 4 aliphatic carbocycles. The molecule has 2 aliphatic heterocycles. The van der Waals surface area contributed by atoms with Gasteiger partial charge in [-0.2, -0.15) is 0 Å². The summed E-state index contributed by atoms with van der Waals surface area (Å²) in [6.45, 7) is 5.79. The minimum Gasteiger partial charge on any atom is -0.431 e. The van der Waals surface area contributed by atoms with E-state index in [4.69, 9.17) is 14.2 Å². The normalized spacial score (nSPS) is 57.9. The van der Waals surface area contributed by atoms with Gasteiger partial charge in [-0.3, -0.25) is 10.6 Å². The van der Waals surface area contributed by atoms with Crippen LogP contribution in [0.2, 0.25) is 0 Å². The van der Waals surface area contributed by atoms with Crippen molar-refractivity contribution >= 4 is 5.97 Å². The quantitative estimate of drug-likeness (QED) is 0.582. The molecule has 6 aliphatic rings. The van der Waals surface area contributed by atoms with Gasteiger partial charge in [-0.05, 0) is 61.7 Å². The highest BCUT2D eigenvalue weighted by Crippen LogP contribution is 2.83. The molecule has 0 aromatic rings. The summed E-state index contributed by atoms with van der Waals surface area (Å²) in [5, 5.41) is 7.87. The second-order valence-electron chi connectivity index (χ2n) is 9.54. The topological polar surface area (TPSA) is 68.8 Å². The van der Waals surface area contributed by atoms with Gasteiger partial charge in [0.05, 0.1) is 30.5 Å². The van der Waals surface area contributed by atoms with Gasteiger partial charge in [0.25, 0.3) is 0 Å². The highest BCUT2D eigenvalue weighted by molar-refractivity contribution is 5.87. The molecule has 142 valence electrons. The Morgan fingerprint density at radius 2 is 1.88 bits per heavy atom. The van der Waals surface area contributed by atoms with Crippen LogP contribution in [-0.2, 0) is 19.0 Å². The molecule has 2 saturated heterocycles. The van der Waals surface area contributed by atoms with Crippen LogP contribution in [0.25, 0.3) is 0 Å². The Hall–Kier alpha value is -0.950. The van der Waals surface area contributed by atoms with Gasteiger partial charge in [0, 0.05) is 12.7 Å². The maximum Gasteiger partial charge on any atom is 0.335 e. The molecule has 6 rings (SSSR count). The van der Waals surface area contributed by atoms with E-state index in [1.165, 1.54) is 25.7 Å². The van der Waals surface area contributed by atoms with E-state index in [2.05, 4.69) is 17.2 Å². The number of carbonyl (C=O) groups is 1. The fourth-order valence-corrected chi connectivity index (χ4v) is 7.77. The number of fused-ring (bicyclic) bond motifs is 4. The zero-order valence-electron chi connectivity index (χ0n) is 15.5. The van der Waals surface area contributed by atoms with Crippen molar-refractivity contribution in [3.8, 4) is 0 Å². The van der Waals surface area contributed by atoms with Gasteiger partial charge >= 0.3 is 5.97 Å². The van der Waals surface area contributed by atoms with E-state index in [0.29, 0.717) is 29.4 Å². The summed E-state index contributed by atoms with van der Waals surface area (Å²) in [6, 6.07) is 0.0234. The molecule has 2 bridgehead atoms. The Bertz CT molecular complexity index is 697. The Labute approximate surface area is 154 Å². The maximum absolute atomic E-state index is 12.1. The second-order valence-corrected chi connectivity index (χ2v) is 9.54. The van der Waals surface area contributed by atoms with Crippen molar-refractivity contribution < 1.29 is 19.0 Å². The van der Waals surface area contributed by atoms with Crippen LogP contribution in [-0.4, -0.2) is 49.8 Å². The summed E-state index contributed by atoms with van der Waals surface area (Å²) in [7, 11) is 1.73. The number of ether oxygens (including phenoxy) is 3. The molecule has 26 heavy (non-hydrogen) atoms. The van der Waals surface area contributed by atoms with Gasteiger partial charge in [-0.1, -0.05) is 6.58 Å². The van der Waals surface area contributed by atoms with Crippen LogP contribution < -0.4 is 10.6 Å². The van der Waals surface area contributed by atoms with E-state index in [-0.39, 0.29) is 29.8 Å². The Morgan fingerprint density at radius 3 is 2.58 bits per heavy atom. The number of carbonyl (C=O) groups excluding carboxylic acids is 1. The van der Waals surface area contributed by atoms with Crippen LogP contribution in [0.1, 0.15) is 32.6 Å². The zero-order chi connectivity index (χ0) is 17.8. The van der Waals surface area contributed by atoms with Gasteiger partial charge in [0.15, 0.2) is 0 Å². The van der Waals surface area contributed by atoms with Crippen molar-refractivity contribution in [2.24, 2.45) is 29.1 Å². The van der Waals surface area contributed by atoms with E-state index >= 15 is 0 Å². The Morgan fingerprint density at radius 1 is 1.15 bits per heavy atom. The van der Waals surface area contributed by atoms with Crippen molar-refractivity contribution in [3.05, 3.63) is 12.2 Å². The van der Waals surface area contributed by atoms with Gasteiger partial charge in [0.2, 0.25) is 6.29 Å². The number of hydrogen-bond donors (Lipinski definition) is 2. The van der Waals surface area contributed by atoms with Gasteiger partial charge in [-0.25, -0.2) is 4.79 Å². The summed E-state index contributed by atoms with van der Waals surface area (Å²) < 4.78 is 17.2. The molecule has 0 aromatic heterocycles. The average molecular weight is 360 g/mol. The van der Waals surface area contributed by atoms with Crippen molar-refractivity contribution in [1.29, 1.82) is 0 Å². The third-order valence-corrected chi connectivity index (χ3v) is 8.81. The molecule has 10 unspecified atom stereocenters. The maximum atomic E-state index is 12.1. The van der Waals surface area contributed by atoms with E-state index in [1.54, 1.807) is 14.0 Å². The highest BCUT2D eigenvalue weighted by Gasteiger charge is 2.82. The second kappa shape index (κ2) is 4.90. The van der Waals surface area contributed by atoms with E-state index in [1.807, 2.05) is 0 Å². The van der Waals surface area contributed by atoms with Crippen LogP contribution >= 0.6 is 0 Å². The lowest BCUT2D eigenvalue weighted by Crippen LogP contribution is -2.72. The molecular weight excluding hydrogens is 332 g/mol. The molecule has 10 atom stereocenters. The molecule has 2 spiro atoms. The van der Waals surface area contributed by atoms with Crippen molar-refractivity contribution in [3.63, 3.8) is 0 Å². The minimum atomic E-state index is -0.591. The van der Waals surface area contributed by atoms with Gasteiger partial charge in [0.1, 0.15) is 0 Å². The standard InChI is InChI=1S/C20H28N2O4/c1-9(2)17(23)26-18-16-15(13(24-3)8-25-18)21-20(22-16)12-5-10-4-11-6-14(20)19(10,11)7-12/h10-16,18,21-22H,1,4-8H2,2-3H3. The Kier molecular flexibility index (Phi) is 3.03. The molecule has 2 heterocycles. The fourth-order valence-electron chi connectivity index (χ4n) is 7.77. The predicted octanol–water partition coefficient (Wildman–Crippen LogP) is 1.17. The van der Waals surface area contributed by atoms with E-state index in [9.17, 15) is 4.79 Å². The molecule has 4 saturated carbocycles. The molecule has 6 nitrogen and oxygen atoms in total. The molecular formula is C20H28N2O4. The van der Waals surface area contributed by atoms with Crippen molar-refractivity contribution in [2.75, 3.05) is 13.7 Å². The predicted molar refractivity (Wildman–Crippen MR) is 92.9 cm³/mol. The minimum absolute atomic E-state index is 0.0267. The van der Waals surface area contributed by atoms with Crippen molar-refractivity contribution in [2.45, 2.75) is 62.7 Å². The third-order valence-electron chi connectivity index (χ3n) is 8.81. The summed E-state index contributed by atoms with van der Waals surface area (Å²) in [6.07, 6.45) is 4.87. The first kappa shape index (κ1) is 16.0. The van der Waals surface area contributed by atoms with Crippen LogP contribution in [0, 0.1) is 29.1 Å². The number of methoxy groups -OCH3 is 1. The van der Waals surface area contributed by atoms with Crippen LogP contribution in [0.3, 0.4) is 0 Å². The van der Waals surface area contributed by atoms with Crippen LogP contribution in [0.15, 0.2) is 12.2 Å². The lowest BCUT2D eigenvalue weighted by atomic mass is 9.37. The van der Waals surface area contributed by atoms with Crippen molar-refractivity contribution in [1.82, 2.24) is 10.6 Å². The van der Waals surface area contributed by atoms with Crippen LogP contribution in [0.4, 0.5) is 0 Å². The average Bonchev–Trinajstić information content (AvgIpc) is 3.23. The Balaban J connectivity index is 1.30. The first-order valence-electron chi connectivity index (χ1n) is 10.1. The fraction of sp³-hybridized carbons (Fsp3) is 0.850. The van der Waals surface area contributed by atoms with Gasteiger partial charge in [-0.15, -0.1) is 0 Å². The molecule has 0 amide bonds. The number of hydrogen-bond acceptors (Lipinski definition) is 6. The van der Waals surface area contributed by atoms with Gasteiger partial charge < -0.3 is 14.2 Å². The summed E-state index contributed by atoms with van der Waals surface area (Å²) in [5.41, 5.74) is 0.977. The first-order valence-corrected chi connectivity index (χ1v) is 10.1. The molecule has 6 fully saturated rings. The monoisotopic (exact) mass is 360 g/mol. The third kappa shape index (κ3) is 1.62. The lowest BCUT2D eigenvalue weighted by Gasteiger charge is -2.69. The lowest BCUT2D eigenvalue weighted by molar-refractivity contribution is -0.211. The molecule has 2 N–H and O–H groups in total. The molecule has 6 heteroatoms. The molecule has 0 aromatic carbocycles. The molecule has 0 radical (unpaired) electrons. The zero-order valence-corrected chi connectivity index (χ0v) is 15.5. The highest BCUT2D eigenvalue weighted by atomic mass is 16.7. The van der Waals surface area contributed by atoms with Crippen LogP contribution in [0.5, 0.6) is 0 Å². The SMILES string of the molecule is C=C(C)C(=O)OC1OCC(OC)C2NC3(NC12)C1CC2CC4CC3C24C1. The summed E-state index contributed by atoms with van der Waals surface area (Å²) in [5.74, 6) is 2.91. The summed E-state index contributed by atoms with van der Waals surface area (Å²) >= 11 is 0. The smallest absolute Gasteiger partial charge is 0.335 e. The van der Waals surface area contributed by atoms with E-state index in [0.717, 1.165) is 11.8 Å². The number of rotatable bonds is 3.